The maximum absolute atomic E-state index is 11.3. The minimum absolute atomic E-state index is 0.376. The van der Waals surface area contributed by atoms with Gasteiger partial charge >= 0.3 is 24.1 Å². The Morgan fingerprint density at radius 2 is 1.85 bits per heavy atom. The third kappa shape index (κ3) is 4.76. The molecule has 146 valence electrons. The van der Waals surface area contributed by atoms with Crippen LogP contribution < -0.4 is 10.1 Å². The average Bonchev–Trinajstić information content (AvgIpc) is 2.91. The largest absolute Gasteiger partial charge is 0.490 e. The lowest BCUT2D eigenvalue weighted by atomic mass is 9.99. The molecule has 2 aromatic rings. The number of carbonyl (C=O) groups is 3. The lowest BCUT2D eigenvalue weighted by Gasteiger charge is -2.20. The van der Waals surface area contributed by atoms with Crippen molar-refractivity contribution in [3.63, 3.8) is 0 Å². The number of ether oxygens (including phenoxy) is 1. The van der Waals surface area contributed by atoms with E-state index in [0.717, 1.165) is 22.9 Å². The highest BCUT2D eigenvalue weighted by Gasteiger charge is 2.38. The van der Waals surface area contributed by atoms with Gasteiger partial charge in [0, 0.05) is 30.1 Å². The van der Waals surface area contributed by atoms with E-state index in [1.165, 1.54) is 6.92 Å². The first-order valence-corrected chi connectivity index (χ1v) is 7.60. The number of aliphatic carboxylic acids is 2. The number of alkyl halides is 3. The summed E-state index contributed by atoms with van der Waals surface area (Å²) in [5.41, 5.74) is 2.50. The van der Waals surface area contributed by atoms with E-state index in [1.54, 1.807) is 18.2 Å². The summed E-state index contributed by atoms with van der Waals surface area (Å²) in [6.07, 6.45) is -4.34. The molecule has 1 aliphatic heterocycles. The van der Waals surface area contributed by atoms with E-state index in [0.29, 0.717) is 18.0 Å². The highest BCUT2D eigenvalue weighted by atomic mass is 19.4. The molecule has 1 aliphatic rings. The molecule has 27 heavy (non-hydrogen) atoms. The first kappa shape index (κ1) is 20.2. The van der Waals surface area contributed by atoms with E-state index in [9.17, 15) is 27.9 Å². The van der Waals surface area contributed by atoms with Gasteiger partial charge in [0.05, 0.1) is 0 Å². The Bertz CT molecular complexity index is 890. The van der Waals surface area contributed by atoms with Gasteiger partial charge in [-0.25, -0.2) is 4.79 Å². The molecule has 8 nitrogen and oxygen atoms in total. The molecule has 0 spiro atoms. The normalized spacial score (nSPS) is 16.1. The Morgan fingerprint density at radius 3 is 2.37 bits per heavy atom. The number of nitrogens with one attached hydrogen (secondary N) is 2. The van der Waals surface area contributed by atoms with Gasteiger partial charge in [0.25, 0.3) is 0 Å². The number of benzene rings is 1. The summed E-state index contributed by atoms with van der Waals surface area (Å²) >= 11 is 0. The first-order chi connectivity index (χ1) is 12.5. The molecule has 2 heterocycles. The summed E-state index contributed by atoms with van der Waals surface area (Å²) in [5.74, 6) is -3.57. The van der Waals surface area contributed by atoms with Crippen LogP contribution in [-0.2, 0) is 20.8 Å². The van der Waals surface area contributed by atoms with Crippen molar-refractivity contribution in [2.45, 2.75) is 25.6 Å². The summed E-state index contributed by atoms with van der Waals surface area (Å²) in [5, 5.41) is 20.2. The molecular formula is C16H15F3N2O6. The molecule has 0 saturated carbocycles. The van der Waals surface area contributed by atoms with Crippen LogP contribution in [-0.4, -0.2) is 45.8 Å². The van der Waals surface area contributed by atoms with Crippen LogP contribution in [0, 0.1) is 0 Å². The number of carboxylic acid groups (broad SMARTS) is 2. The average molecular weight is 388 g/mol. The zero-order valence-electron chi connectivity index (χ0n) is 13.9. The fourth-order valence-corrected chi connectivity index (χ4v) is 2.65. The van der Waals surface area contributed by atoms with Gasteiger partial charge in [-0.05, 0) is 30.2 Å². The molecular weight excluding hydrogens is 373 g/mol. The van der Waals surface area contributed by atoms with Gasteiger partial charge in [0.15, 0.2) is 0 Å². The van der Waals surface area contributed by atoms with Crippen molar-refractivity contribution in [3.8, 4) is 5.75 Å². The zero-order chi connectivity index (χ0) is 20.4. The molecule has 0 bridgehead atoms. The van der Waals surface area contributed by atoms with Gasteiger partial charge < -0.3 is 19.9 Å². The van der Waals surface area contributed by atoms with Crippen molar-refractivity contribution >= 4 is 28.8 Å². The Labute approximate surface area is 149 Å². The third-order valence-corrected chi connectivity index (χ3v) is 3.67. The van der Waals surface area contributed by atoms with Crippen molar-refractivity contribution in [1.29, 1.82) is 0 Å². The number of hydrogen-bond donors (Lipinski definition) is 4. The maximum Gasteiger partial charge on any atom is 0.490 e. The van der Waals surface area contributed by atoms with Crippen molar-refractivity contribution in [2.24, 2.45) is 0 Å². The lowest BCUT2D eigenvalue weighted by Crippen LogP contribution is -2.34. The molecule has 3 rings (SSSR count). The van der Waals surface area contributed by atoms with Crippen LogP contribution in [0.4, 0.5) is 13.2 Å². The van der Waals surface area contributed by atoms with E-state index >= 15 is 0 Å². The number of aromatic nitrogens is 1. The number of carboxylic acids is 2. The van der Waals surface area contributed by atoms with Gasteiger partial charge in [-0.3, -0.25) is 14.9 Å². The molecule has 1 unspecified atom stereocenters. The van der Waals surface area contributed by atoms with E-state index < -0.39 is 24.2 Å². The highest BCUT2D eigenvalue weighted by Crippen LogP contribution is 2.32. The number of carbonyl (C=O) groups excluding carboxylic acids is 1. The van der Waals surface area contributed by atoms with Crippen molar-refractivity contribution in [1.82, 2.24) is 10.3 Å². The Hall–Kier alpha value is -3.08. The molecule has 1 aromatic carbocycles. The molecule has 0 radical (unpaired) electrons. The first-order valence-electron chi connectivity index (χ1n) is 7.60. The molecule has 0 aliphatic carbocycles. The van der Waals surface area contributed by atoms with Gasteiger partial charge in [0.2, 0.25) is 0 Å². The van der Waals surface area contributed by atoms with Crippen LogP contribution in [0.25, 0.3) is 10.9 Å². The molecule has 1 atom stereocenters. The second-order valence-corrected chi connectivity index (χ2v) is 5.60. The fourth-order valence-electron chi connectivity index (χ4n) is 2.65. The number of aromatic amines is 1. The van der Waals surface area contributed by atoms with Crippen LogP contribution >= 0.6 is 0 Å². The summed E-state index contributed by atoms with van der Waals surface area (Å²) in [6, 6.07) is 4.54. The Kier molecular flexibility index (Phi) is 5.74. The molecule has 0 saturated heterocycles. The number of esters is 1. The van der Waals surface area contributed by atoms with E-state index in [2.05, 4.69) is 10.3 Å². The number of hydrogen-bond acceptors (Lipinski definition) is 5. The maximum atomic E-state index is 11.3. The van der Waals surface area contributed by atoms with Crippen molar-refractivity contribution in [2.75, 3.05) is 6.54 Å². The molecule has 0 amide bonds. The standard InChI is InChI=1S/C14H14N2O4.C2HF3O2/c1-7(17)20-8-2-3-11-10(6-8)9-4-5-15-13(14(18)19)12(9)16-11;3-2(4,5)1(6)7/h2-3,6,13,15-16H,4-5H2,1H3,(H,18,19);(H,6,7). The van der Waals surface area contributed by atoms with Gasteiger partial charge in [0.1, 0.15) is 11.8 Å². The second-order valence-electron chi connectivity index (χ2n) is 5.60. The van der Waals surface area contributed by atoms with E-state index in [4.69, 9.17) is 14.6 Å². The van der Waals surface area contributed by atoms with Gasteiger partial charge in [-0.15, -0.1) is 0 Å². The number of H-pyrrole nitrogens is 1. The molecule has 0 fully saturated rings. The topological polar surface area (TPSA) is 129 Å². The van der Waals surface area contributed by atoms with E-state index in [-0.39, 0.29) is 5.97 Å². The Morgan fingerprint density at radius 1 is 1.22 bits per heavy atom. The van der Waals surface area contributed by atoms with Crippen LogP contribution in [0.15, 0.2) is 18.2 Å². The number of rotatable bonds is 2. The Balaban J connectivity index is 0.000000321. The summed E-state index contributed by atoms with van der Waals surface area (Å²) < 4.78 is 36.8. The smallest absolute Gasteiger partial charge is 0.480 e. The predicted molar refractivity (Wildman–Crippen MR) is 85.4 cm³/mol. The van der Waals surface area contributed by atoms with Crippen LogP contribution in [0.3, 0.4) is 0 Å². The monoisotopic (exact) mass is 388 g/mol. The van der Waals surface area contributed by atoms with Crippen molar-refractivity contribution in [3.05, 3.63) is 29.5 Å². The van der Waals surface area contributed by atoms with Crippen molar-refractivity contribution < 1.29 is 42.5 Å². The SMILES string of the molecule is CC(=O)Oc1ccc2[nH]c3c(c2c1)CCNC3C(=O)O.O=C(O)C(F)(F)F. The van der Waals surface area contributed by atoms with Crippen LogP contribution in [0.1, 0.15) is 24.2 Å². The summed E-state index contributed by atoms with van der Waals surface area (Å²) in [7, 11) is 0. The summed E-state index contributed by atoms with van der Waals surface area (Å²) in [6.45, 7) is 1.95. The predicted octanol–water partition coefficient (Wildman–Crippen LogP) is 2.00. The minimum atomic E-state index is -5.08. The van der Waals surface area contributed by atoms with Gasteiger partial charge in [-0.1, -0.05) is 0 Å². The minimum Gasteiger partial charge on any atom is -0.480 e. The van der Waals surface area contributed by atoms with Crippen LogP contribution in [0.2, 0.25) is 0 Å². The molecule has 11 heteroatoms. The highest BCUT2D eigenvalue weighted by molar-refractivity contribution is 5.89. The summed E-state index contributed by atoms with van der Waals surface area (Å²) in [4.78, 5) is 34.3. The molecule has 1 aromatic heterocycles. The lowest BCUT2D eigenvalue weighted by molar-refractivity contribution is -0.192. The van der Waals surface area contributed by atoms with Gasteiger partial charge in [-0.2, -0.15) is 13.2 Å². The van der Waals surface area contributed by atoms with Crippen LogP contribution in [0.5, 0.6) is 5.75 Å². The number of halogens is 3. The second kappa shape index (κ2) is 7.66. The fraction of sp³-hybridized carbons (Fsp3) is 0.312. The molecule has 4 N–H and O–H groups in total. The quantitative estimate of drug-likeness (QED) is 0.457. The zero-order valence-corrected chi connectivity index (χ0v) is 13.9. The number of fused-ring (bicyclic) bond motifs is 3. The third-order valence-electron chi connectivity index (χ3n) is 3.67. The van der Waals surface area contributed by atoms with E-state index in [1.807, 2.05) is 0 Å².